The number of nitrogens with one attached hydrogen (secondary N) is 2. The van der Waals surface area contributed by atoms with E-state index in [0.29, 0.717) is 11.9 Å². The molecule has 0 aliphatic carbocycles. The maximum atomic E-state index is 10.8. The van der Waals surface area contributed by atoms with Crippen molar-refractivity contribution in [3.63, 3.8) is 0 Å². The molecule has 0 saturated heterocycles. The molecular formula is C8H18BrN3O. The predicted molar refractivity (Wildman–Crippen MR) is 57.9 cm³/mol. The predicted octanol–water partition coefficient (Wildman–Crippen LogP) is -0.177. The molecule has 4 N–H and O–H groups in total. The lowest BCUT2D eigenvalue weighted by atomic mass is 10.3. The van der Waals surface area contributed by atoms with Crippen LogP contribution in [0.25, 0.3) is 0 Å². The quantitative estimate of drug-likeness (QED) is 0.575. The molecule has 0 aromatic heterocycles. The zero-order chi connectivity index (χ0) is 10.3. The highest BCUT2D eigenvalue weighted by Crippen LogP contribution is 1.82. The van der Waals surface area contributed by atoms with Gasteiger partial charge in [0.05, 0.1) is 5.33 Å². The molecule has 0 saturated carbocycles. The molecule has 4 nitrogen and oxygen atoms in total. The first-order valence-electron chi connectivity index (χ1n) is 4.38. The first kappa shape index (κ1) is 12.9. The number of amides is 1. The Labute approximate surface area is 87.8 Å². The monoisotopic (exact) mass is 251 g/mol. The molecule has 0 aromatic rings. The summed E-state index contributed by atoms with van der Waals surface area (Å²) in [7, 11) is 0. The third-order valence-electron chi connectivity index (χ3n) is 1.52. The fourth-order valence-electron chi connectivity index (χ4n) is 0.773. The Morgan fingerprint density at radius 1 is 1.46 bits per heavy atom. The smallest absolute Gasteiger partial charge is 0.230 e. The van der Waals surface area contributed by atoms with Crippen molar-refractivity contribution in [2.45, 2.75) is 25.9 Å². The highest BCUT2D eigenvalue weighted by molar-refractivity contribution is 9.09. The molecule has 1 amide bonds. The Bertz CT molecular complexity index is 152. The van der Waals surface area contributed by atoms with Gasteiger partial charge in [0.1, 0.15) is 0 Å². The van der Waals surface area contributed by atoms with Gasteiger partial charge in [0.15, 0.2) is 0 Å². The van der Waals surface area contributed by atoms with Crippen LogP contribution in [-0.2, 0) is 4.79 Å². The van der Waals surface area contributed by atoms with Crippen LogP contribution < -0.4 is 16.4 Å². The highest BCUT2D eigenvalue weighted by Gasteiger charge is 2.03. The van der Waals surface area contributed by atoms with Gasteiger partial charge in [0, 0.05) is 25.2 Å². The summed E-state index contributed by atoms with van der Waals surface area (Å²) in [5, 5.41) is 6.33. The van der Waals surface area contributed by atoms with Crippen LogP contribution in [0.15, 0.2) is 0 Å². The summed E-state index contributed by atoms with van der Waals surface area (Å²) in [6, 6.07) is 0.406. The minimum absolute atomic E-state index is 0.00875. The lowest BCUT2D eigenvalue weighted by Gasteiger charge is -2.15. The van der Waals surface area contributed by atoms with Crippen LogP contribution >= 0.6 is 15.9 Å². The van der Waals surface area contributed by atoms with Crippen molar-refractivity contribution in [1.82, 2.24) is 10.6 Å². The molecule has 0 heterocycles. The molecule has 0 bridgehead atoms. The van der Waals surface area contributed by atoms with Crippen molar-refractivity contribution in [2.75, 3.05) is 18.4 Å². The van der Waals surface area contributed by atoms with Crippen LogP contribution in [-0.4, -0.2) is 36.4 Å². The second kappa shape index (κ2) is 7.29. The van der Waals surface area contributed by atoms with E-state index >= 15 is 0 Å². The minimum atomic E-state index is 0.00875. The van der Waals surface area contributed by atoms with Gasteiger partial charge in [-0.1, -0.05) is 15.9 Å². The zero-order valence-corrected chi connectivity index (χ0v) is 9.73. The number of carbonyl (C=O) groups excluding carboxylic acids is 1. The molecule has 2 atom stereocenters. The van der Waals surface area contributed by atoms with Crippen molar-refractivity contribution < 1.29 is 4.79 Å². The topological polar surface area (TPSA) is 67.2 Å². The third kappa shape index (κ3) is 8.21. The average molecular weight is 252 g/mol. The Morgan fingerprint density at radius 2 is 2.08 bits per heavy atom. The summed E-state index contributed by atoms with van der Waals surface area (Å²) >= 11 is 3.07. The van der Waals surface area contributed by atoms with Crippen LogP contribution in [0.4, 0.5) is 0 Å². The van der Waals surface area contributed by atoms with E-state index in [1.54, 1.807) is 0 Å². The normalized spacial score (nSPS) is 15.1. The number of rotatable bonds is 6. The molecule has 78 valence electrons. The fourth-order valence-corrected chi connectivity index (χ4v) is 0.972. The molecule has 13 heavy (non-hydrogen) atoms. The Kier molecular flexibility index (Phi) is 7.22. The molecule has 0 spiro atoms. The van der Waals surface area contributed by atoms with Crippen molar-refractivity contribution in [2.24, 2.45) is 5.73 Å². The van der Waals surface area contributed by atoms with Gasteiger partial charge in [-0.3, -0.25) is 4.79 Å². The second-order valence-corrected chi connectivity index (χ2v) is 3.79. The van der Waals surface area contributed by atoms with Gasteiger partial charge in [-0.2, -0.15) is 0 Å². The lowest BCUT2D eigenvalue weighted by molar-refractivity contribution is -0.118. The summed E-state index contributed by atoms with van der Waals surface area (Å²) in [6.45, 7) is 5.36. The van der Waals surface area contributed by atoms with E-state index in [0.717, 1.165) is 6.54 Å². The number of hydrogen-bond donors (Lipinski definition) is 3. The van der Waals surface area contributed by atoms with E-state index in [1.807, 2.05) is 13.8 Å². The van der Waals surface area contributed by atoms with Gasteiger partial charge in [0.2, 0.25) is 5.91 Å². The molecule has 0 aliphatic heterocycles. The highest BCUT2D eigenvalue weighted by atomic mass is 79.9. The molecular weight excluding hydrogens is 234 g/mol. The van der Waals surface area contributed by atoms with E-state index in [9.17, 15) is 4.79 Å². The Hall–Kier alpha value is -0.130. The summed E-state index contributed by atoms with van der Waals surface area (Å²) in [4.78, 5) is 10.8. The fraction of sp³-hybridized carbons (Fsp3) is 0.875. The van der Waals surface area contributed by atoms with E-state index in [1.165, 1.54) is 0 Å². The van der Waals surface area contributed by atoms with E-state index in [2.05, 4.69) is 26.6 Å². The van der Waals surface area contributed by atoms with E-state index in [-0.39, 0.29) is 18.0 Å². The van der Waals surface area contributed by atoms with Crippen LogP contribution in [0.2, 0.25) is 0 Å². The van der Waals surface area contributed by atoms with E-state index in [4.69, 9.17) is 5.73 Å². The van der Waals surface area contributed by atoms with E-state index < -0.39 is 0 Å². The summed E-state index contributed by atoms with van der Waals surface area (Å²) in [5.41, 5.74) is 5.57. The van der Waals surface area contributed by atoms with Crippen LogP contribution in [0.1, 0.15) is 13.8 Å². The lowest BCUT2D eigenvalue weighted by Crippen LogP contribution is -2.43. The van der Waals surface area contributed by atoms with Gasteiger partial charge in [-0.05, 0) is 13.8 Å². The summed E-state index contributed by atoms with van der Waals surface area (Å²) < 4.78 is 0. The van der Waals surface area contributed by atoms with Crippen LogP contribution in [0.5, 0.6) is 0 Å². The number of halogens is 1. The maximum absolute atomic E-state index is 10.8. The van der Waals surface area contributed by atoms with Crippen LogP contribution in [0.3, 0.4) is 0 Å². The molecule has 0 fully saturated rings. The zero-order valence-electron chi connectivity index (χ0n) is 8.14. The second-order valence-electron chi connectivity index (χ2n) is 3.22. The van der Waals surface area contributed by atoms with Crippen molar-refractivity contribution in [1.29, 1.82) is 0 Å². The number of carbonyl (C=O) groups is 1. The van der Waals surface area contributed by atoms with Gasteiger partial charge < -0.3 is 16.4 Å². The third-order valence-corrected chi connectivity index (χ3v) is 2.02. The van der Waals surface area contributed by atoms with Gasteiger partial charge in [-0.15, -0.1) is 0 Å². The first-order valence-corrected chi connectivity index (χ1v) is 5.50. The minimum Gasteiger partial charge on any atom is -0.354 e. The van der Waals surface area contributed by atoms with Crippen molar-refractivity contribution >= 4 is 21.8 Å². The molecule has 0 aromatic carbocycles. The molecule has 0 aliphatic rings. The van der Waals surface area contributed by atoms with Crippen molar-refractivity contribution in [3.8, 4) is 0 Å². The van der Waals surface area contributed by atoms with Gasteiger partial charge >= 0.3 is 0 Å². The Morgan fingerprint density at radius 3 is 2.54 bits per heavy atom. The largest absolute Gasteiger partial charge is 0.354 e. The Balaban J connectivity index is 3.40. The summed E-state index contributed by atoms with van der Waals surface area (Å²) in [5.74, 6) is 0.00875. The van der Waals surface area contributed by atoms with Gasteiger partial charge in [0.25, 0.3) is 0 Å². The standard InChI is InChI=1S/C8H18BrN3O/c1-6(10)4-11-7(2)5-12-8(13)3-9/h6-7,11H,3-5,10H2,1-2H3,(H,12,13). The molecule has 2 unspecified atom stereocenters. The van der Waals surface area contributed by atoms with Crippen molar-refractivity contribution in [3.05, 3.63) is 0 Å². The average Bonchev–Trinajstić information content (AvgIpc) is 2.10. The SMILES string of the molecule is CC(N)CNC(C)CNC(=O)CBr. The number of alkyl halides is 1. The maximum Gasteiger partial charge on any atom is 0.230 e. The molecule has 5 heteroatoms. The van der Waals surface area contributed by atoms with Gasteiger partial charge in [-0.25, -0.2) is 0 Å². The molecule has 0 rings (SSSR count). The first-order chi connectivity index (χ1) is 6.06. The summed E-state index contributed by atoms with van der Waals surface area (Å²) in [6.07, 6.45) is 0. The molecule has 0 radical (unpaired) electrons. The number of nitrogens with two attached hydrogens (primary N) is 1. The van der Waals surface area contributed by atoms with Crippen LogP contribution in [0, 0.1) is 0 Å². The number of hydrogen-bond acceptors (Lipinski definition) is 3.